The Bertz CT molecular complexity index is 941. The molecule has 1 heterocycles. The second kappa shape index (κ2) is 6.23. The minimum Gasteiger partial charge on any atom is -0.496 e. The standard InChI is InChI=1S/C18H13F2NO3/c1-23-15-5-3-4-13(19)16(15)17-12-8-10(18(22)24-2)6-7-11(12)14(20)9-21-17/h3-9H,1-2H3. The first-order valence-corrected chi connectivity index (χ1v) is 7.06. The number of benzene rings is 2. The largest absolute Gasteiger partial charge is 0.496 e. The summed E-state index contributed by atoms with van der Waals surface area (Å²) >= 11 is 0. The van der Waals surface area contributed by atoms with E-state index in [1.807, 2.05) is 0 Å². The van der Waals surface area contributed by atoms with E-state index < -0.39 is 17.6 Å². The van der Waals surface area contributed by atoms with Crippen LogP contribution >= 0.6 is 0 Å². The van der Waals surface area contributed by atoms with Gasteiger partial charge in [0.15, 0.2) is 0 Å². The van der Waals surface area contributed by atoms with Gasteiger partial charge in [-0.25, -0.2) is 13.6 Å². The molecule has 0 N–H and O–H groups in total. The predicted octanol–water partition coefficient (Wildman–Crippen LogP) is 3.98. The molecule has 0 amide bonds. The SMILES string of the molecule is COC(=O)c1ccc2c(F)cnc(-c3c(F)cccc3OC)c2c1. The second-order valence-corrected chi connectivity index (χ2v) is 5.02. The monoisotopic (exact) mass is 329 g/mol. The minimum atomic E-state index is -0.576. The Morgan fingerprint density at radius 3 is 2.54 bits per heavy atom. The van der Waals surface area contributed by atoms with Crippen molar-refractivity contribution in [3.8, 4) is 17.0 Å². The summed E-state index contributed by atoms with van der Waals surface area (Å²) in [6.45, 7) is 0. The van der Waals surface area contributed by atoms with E-state index in [0.717, 1.165) is 6.20 Å². The molecule has 3 rings (SSSR count). The number of esters is 1. The zero-order chi connectivity index (χ0) is 17.3. The maximum Gasteiger partial charge on any atom is 0.337 e. The van der Waals surface area contributed by atoms with Crippen molar-refractivity contribution in [2.45, 2.75) is 0 Å². The van der Waals surface area contributed by atoms with E-state index in [1.54, 1.807) is 6.07 Å². The van der Waals surface area contributed by atoms with Crippen LogP contribution in [0.15, 0.2) is 42.6 Å². The number of hydrogen-bond acceptors (Lipinski definition) is 4. The number of methoxy groups -OCH3 is 2. The average Bonchev–Trinajstić information content (AvgIpc) is 2.61. The summed E-state index contributed by atoms with van der Waals surface area (Å²) in [5.41, 5.74) is 0.507. The highest BCUT2D eigenvalue weighted by atomic mass is 19.1. The number of carbonyl (C=O) groups excluding carboxylic acids is 1. The van der Waals surface area contributed by atoms with Gasteiger partial charge in [0.1, 0.15) is 17.4 Å². The fraction of sp³-hybridized carbons (Fsp3) is 0.111. The molecule has 1 aromatic heterocycles. The van der Waals surface area contributed by atoms with Crippen molar-refractivity contribution in [2.24, 2.45) is 0 Å². The summed E-state index contributed by atoms with van der Waals surface area (Å²) in [5, 5.41) is 0.513. The molecule has 0 aliphatic heterocycles. The third-order valence-electron chi connectivity index (χ3n) is 3.69. The van der Waals surface area contributed by atoms with Crippen LogP contribution < -0.4 is 4.74 Å². The van der Waals surface area contributed by atoms with Crippen LogP contribution in [0.4, 0.5) is 8.78 Å². The van der Waals surface area contributed by atoms with Crippen molar-refractivity contribution < 1.29 is 23.0 Å². The van der Waals surface area contributed by atoms with Gasteiger partial charge in [-0.2, -0.15) is 0 Å². The molecular formula is C18H13F2NO3. The summed E-state index contributed by atoms with van der Waals surface area (Å²) < 4.78 is 38.3. The lowest BCUT2D eigenvalue weighted by molar-refractivity contribution is 0.0601. The van der Waals surface area contributed by atoms with E-state index >= 15 is 0 Å². The first-order chi connectivity index (χ1) is 11.6. The first kappa shape index (κ1) is 15.9. The number of aromatic nitrogens is 1. The third-order valence-corrected chi connectivity index (χ3v) is 3.69. The molecule has 0 bridgehead atoms. The molecular weight excluding hydrogens is 316 g/mol. The topological polar surface area (TPSA) is 48.4 Å². The van der Waals surface area contributed by atoms with Crippen LogP contribution in [-0.2, 0) is 4.74 Å². The van der Waals surface area contributed by atoms with Crippen molar-refractivity contribution in [1.29, 1.82) is 0 Å². The Morgan fingerprint density at radius 2 is 1.83 bits per heavy atom. The molecule has 0 aliphatic rings. The molecule has 4 nitrogen and oxygen atoms in total. The molecule has 0 saturated heterocycles. The van der Waals surface area contributed by atoms with E-state index in [9.17, 15) is 13.6 Å². The fourth-order valence-corrected chi connectivity index (χ4v) is 2.56. The zero-order valence-electron chi connectivity index (χ0n) is 13.0. The van der Waals surface area contributed by atoms with Gasteiger partial charge in [0, 0.05) is 10.8 Å². The summed E-state index contributed by atoms with van der Waals surface area (Å²) in [4.78, 5) is 15.8. The Morgan fingerprint density at radius 1 is 1.04 bits per heavy atom. The number of ether oxygens (including phenoxy) is 2. The van der Waals surface area contributed by atoms with Crippen LogP contribution in [0.3, 0.4) is 0 Å². The van der Waals surface area contributed by atoms with E-state index in [0.29, 0.717) is 5.39 Å². The molecule has 24 heavy (non-hydrogen) atoms. The first-order valence-electron chi connectivity index (χ1n) is 7.06. The zero-order valence-corrected chi connectivity index (χ0v) is 13.0. The normalized spacial score (nSPS) is 10.7. The number of rotatable bonds is 3. The van der Waals surface area contributed by atoms with Crippen molar-refractivity contribution in [3.05, 3.63) is 59.8 Å². The maximum absolute atomic E-state index is 14.4. The van der Waals surface area contributed by atoms with Gasteiger partial charge in [-0.05, 0) is 24.3 Å². The summed E-state index contributed by atoms with van der Waals surface area (Å²) in [6, 6.07) is 8.66. The van der Waals surface area contributed by atoms with E-state index in [4.69, 9.17) is 4.74 Å². The molecule has 122 valence electrons. The number of halogens is 2. The molecule has 0 radical (unpaired) electrons. The predicted molar refractivity (Wildman–Crippen MR) is 85.0 cm³/mol. The molecule has 6 heteroatoms. The van der Waals surface area contributed by atoms with Gasteiger partial charge in [0.05, 0.1) is 37.2 Å². The Kier molecular flexibility index (Phi) is 4.12. The second-order valence-electron chi connectivity index (χ2n) is 5.02. The number of pyridine rings is 1. The van der Waals surface area contributed by atoms with Crippen molar-refractivity contribution in [2.75, 3.05) is 14.2 Å². The molecule has 0 unspecified atom stereocenters. The summed E-state index contributed by atoms with van der Waals surface area (Å²) in [6.07, 6.45) is 1.02. The molecule has 0 aliphatic carbocycles. The van der Waals surface area contributed by atoms with Gasteiger partial charge in [0.2, 0.25) is 0 Å². The minimum absolute atomic E-state index is 0.104. The van der Waals surface area contributed by atoms with Crippen molar-refractivity contribution in [3.63, 3.8) is 0 Å². The van der Waals surface area contributed by atoms with E-state index in [-0.39, 0.29) is 28.0 Å². The quantitative estimate of drug-likeness (QED) is 0.682. The van der Waals surface area contributed by atoms with Gasteiger partial charge in [0.25, 0.3) is 0 Å². The van der Waals surface area contributed by atoms with Crippen LogP contribution in [-0.4, -0.2) is 25.2 Å². The number of hydrogen-bond donors (Lipinski definition) is 0. The van der Waals surface area contributed by atoms with Gasteiger partial charge in [-0.1, -0.05) is 12.1 Å². The molecule has 0 saturated carbocycles. The van der Waals surface area contributed by atoms with E-state index in [2.05, 4.69) is 9.72 Å². The summed E-state index contributed by atoms with van der Waals surface area (Å²) in [5.74, 6) is -1.44. The maximum atomic E-state index is 14.4. The van der Waals surface area contributed by atoms with Gasteiger partial charge in [-0.15, -0.1) is 0 Å². The van der Waals surface area contributed by atoms with Crippen LogP contribution in [0.5, 0.6) is 5.75 Å². The lowest BCUT2D eigenvalue weighted by atomic mass is 10.0. The third kappa shape index (κ3) is 2.56. The smallest absolute Gasteiger partial charge is 0.337 e. The number of fused-ring (bicyclic) bond motifs is 1. The van der Waals surface area contributed by atoms with Crippen LogP contribution in [0.25, 0.3) is 22.0 Å². The number of nitrogens with zero attached hydrogens (tertiary/aromatic N) is 1. The van der Waals surface area contributed by atoms with Crippen LogP contribution in [0.2, 0.25) is 0 Å². The van der Waals surface area contributed by atoms with Crippen molar-refractivity contribution in [1.82, 2.24) is 4.98 Å². The lowest BCUT2D eigenvalue weighted by Gasteiger charge is -2.12. The van der Waals surface area contributed by atoms with Crippen LogP contribution in [0, 0.1) is 11.6 Å². The Hall–Kier alpha value is -3.02. The average molecular weight is 329 g/mol. The fourth-order valence-electron chi connectivity index (χ4n) is 2.56. The molecule has 0 atom stereocenters. The lowest BCUT2D eigenvalue weighted by Crippen LogP contribution is -2.02. The van der Waals surface area contributed by atoms with Crippen LogP contribution in [0.1, 0.15) is 10.4 Å². The van der Waals surface area contributed by atoms with Gasteiger partial charge >= 0.3 is 5.97 Å². The van der Waals surface area contributed by atoms with Gasteiger partial charge < -0.3 is 9.47 Å². The van der Waals surface area contributed by atoms with Gasteiger partial charge in [-0.3, -0.25) is 4.98 Å². The van der Waals surface area contributed by atoms with E-state index in [1.165, 1.54) is 44.6 Å². The number of carbonyl (C=O) groups is 1. The Labute approximate surface area is 136 Å². The highest BCUT2D eigenvalue weighted by Crippen LogP contribution is 2.36. The Balaban J connectivity index is 2.37. The van der Waals surface area contributed by atoms with Crippen molar-refractivity contribution >= 4 is 16.7 Å². The highest BCUT2D eigenvalue weighted by molar-refractivity contribution is 6.01. The summed E-state index contributed by atoms with van der Waals surface area (Å²) in [7, 11) is 2.65. The molecule has 0 fully saturated rings. The molecule has 0 spiro atoms. The molecule has 2 aromatic carbocycles. The molecule has 3 aromatic rings. The highest BCUT2D eigenvalue weighted by Gasteiger charge is 2.19.